The topological polar surface area (TPSA) is 99.0 Å². The number of aromatic nitrogens is 3. The molecule has 0 bridgehead atoms. The number of hydrogen-bond donors (Lipinski definition) is 2. The number of unbranched alkanes of at least 4 members (excludes halogenated alkanes) is 2. The molecule has 0 fully saturated rings. The quantitative estimate of drug-likeness (QED) is 0.166. The van der Waals surface area contributed by atoms with Gasteiger partial charge < -0.3 is 20.1 Å². The van der Waals surface area contributed by atoms with Crippen LogP contribution in [0.3, 0.4) is 0 Å². The summed E-state index contributed by atoms with van der Waals surface area (Å²) in [5.41, 5.74) is 3.29. The Morgan fingerprint density at radius 2 is 2.12 bits per heavy atom. The Kier molecular flexibility index (Phi) is 10.5. The van der Waals surface area contributed by atoms with E-state index in [-0.39, 0.29) is 12.5 Å². The normalized spacial score (nSPS) is 14.1. The van der Waals surface area contributed by atoms with Gasteiger partial charge in [-0.1, -0.05) is 26.7 Å². The second-order valence-electron chi connectivity index (χ2n) is 9.95. The number of aliphatic hydroxyl groups is 1. The number of aliphatic hydroxyl groups excluding tert-OH is 1. The van der Waals surface area contributed by atoms with Crippen LogP contribution in [0.5, 0.6) is 5.75 Å². The fraction of sp³-hybridized carbons (Fsp3) is 0.400. The molecule has 0 saturated heterocycles. The van der Waals surface area contributed by atoms with Gasteiger partial charge in [-0.15, -0.1) is 0 Å². The number of fused-ring (bicyclic) bond motifs is 1. The van der Waals surface area contributed by atoms with E-state index in [0.717, 1.165) is 64.4 Å². The Balaban J connectivity index is 1.57. The minimum atomic E-state index is 0.128. The summed E-state index contributed by atoms with van der Waals surface area (Å²) in [4.78, 5) is 16.3. The first kappa shape index (κ1) is 29.5. The molecule has 0 spiro atoms. The Morgan fingerprint density at radius 1 is 1.27 bits per heavy atom. The highest BCUT2D eigenvalue weighted by atomic mass is 79.9. The number of ether oxygens (including phenoxy) is 1. The molecule has 212 valence electrons. The number of pyridine rings is 1. The van der Waals surface area contributed by atoms with Crippen LogP contribution in [0.2, 0.25) is 0 Å². The SMILES string of the molecule is C/C=N\N1C=CC(Oc2ccc(Nc3ncnc4cc(Br)c(N(CCCCC)CC(C)CO)nc34)cc2C)=CC1. The molecule has 3 aromatic rings. The van der Waals surface area contributed by atoms with Crippen LogP contribution in [0.15, 0.2) is 64.3 Å². The van der Waals surface area contributed by atoms with Crippen molar-refractivity contribution in [2.75, 3.05) is 36.5 Å². The zero-order chi connectivity index (χ0) is 28.5. The zero-order valence-electron chi connectivity index (χ0n) is 23.6. The van der Waals surface area contributed by atoms with Crippen LogP contribution in [0, 0.1) is 12.8 Å². The highest BCUT2D eigenvalue weighted by Gasteiger charge is 2.18. The molecule has 1 aliphatic heterocycles. The number of nitrogens with one attached hydrogen (secondary N) is 1. The van der Waals surface area contributed by atoms with E-state index in [0.29, 0.717) is 24.4 Å². The molecule has 0 amide bonds. The van der Waals surface area contributed by atoms with Crippen molar-refractivity contribution in [2.45, 2.75) is 47.0 Å². The van der Waals surface area contributed by atoms with Gasteiger partial charge in [0.1, 0.15) is 29.2 Å². The summed E-state index contributed by atoms with van der Waals surface area (Å²) in [6.45, 7) is 10.5. The van der Waals surface area contributed by atoms with Crippen molar-refractivity contribution < 1.29 is 9.84 Å². The van der Waals surface area contributed by atoms with Gasteiger partial charge in [-0.2, -0.15) is 5.10 Å². The molecule has 0 radical (unpaired) electrons. The summed E-state index contributed by atoms with van der Waals surface area (Å²) in [5, 5.41) is 19.2. The summed E-state index contributed by atoms with van der Waals surface area (Å²) in [6.07, 6.45) is 12.5. The smallest absolute Gasteiger partial charge is 0.160 e. The first-order valence-electron chi connectivity index (χ1n) is 13.8. The van der Waals surface area contributed by atoms with Gasteiger partial charge in [0.25, 0.3) is 0 Å². The fourth-order valence-electron chi connectivity index (χ4n) is 4.42. The standard InChI is InChI=1S/C30H38BrN7O2/c1-5-7-8-13-37(18-21(3)19-39)30-25(31)17-26-28(36-30)29(33-20-32-26)35-23-9-10-27(22(4)16-23)40-24-11-14-38(15-12-24)34-6-2/h6,9-12,14,16-17,20-21,39H,5,7-8,13,15,18-19H2,1-4H3,(H,32,33,35)/b34-6-. The van der Waals surface area contributed by atoms with Gasteiger partial charge in [-0.05, 0) is 84.1 Å². The first-order chi connectivity index (χ1) is 19.4. The molecule has 10 heteroatoms. The minimum absolute atomic E-state index is 0.128. The van der Waals surface area contributed by atoms with E-state index in [1.165, 1.54) is 0 Å². The number of halogens is 1. The number of benzene rings is 1. The van der Waals surface area contributed by atoms with E-state index in [2.05, 4.69) is 48.1 Å². The lowest BCUT2D eigenvalue weighted by Crippen LogP contribution is -2.32. The van der Waals surface area contributed by atoms with Gasteiger partial charge >= 0.3 is 0 Å². The number of aryl methyl sites for hydroxylation is 1. The maximum absolute atomic E-state index is 9.70. The summed E-state index contributed by atoms with van der Waals surface area (Å²) < 4.78 is 7.00. The van der Waals surface area contributed by atoms with Gasteiger partial charge in [-0.25, -0.2) is 15.0 Å². The number of hydrogen-bond acceptors (Lipinski definition) is 9. The van der Waals surface area contributed by atoms with Crippen molar-refractivity contribution in [3.05, 3.63) is 64.7 Å². The highest BCUT2D eigenvalue weighted by molar-refractivity contribution is 9.10. The van der Waals surface area contributed by atoms with Crippen molar-refractivity contribution >= 4 is 50.5 Å². The second-order valence-corrected chi connectivity index (χ2v) is 10.8. The van der Waals surface area contributed by atoms with Crippen molar-refractivity contribution in [3.8, 4) is 5.75 Å². The number of rotatable bonds is 13. The Morgan fingerprint density at radius 3 is 2.83 bits per heavy atom. The molecule has 1 atom stereocenters. The number of hydrazone groups is 1. The summed E-state index contributed by atoms with van der Waals surface area (Å²) in [5.74, 6) is 3.16. The number of nitrogens with zero attached hydrogens (tertiary/aromatic N) is 6. The maximum atomic E-state index is 9.70. The van der Waals surface area contributed by atoms with Crippen LogP contribution >= 0.6 is 15.9 Å². The molecular weight excluding hydrogens is 570 g/mol. The van der Waals surface area contributed by atoms with Gasteiger partial charge in [0.15, 0.2) is 5.82 Å². The lowest BCUT2D eigenvalue weighted by molar-refractivity contribution is 0.239. The summed E-state index contributed by atoms with van der Waals surface area (Å²) in [6, 6.07) is 7.94. The van der Waals surface area contributed by atoms with Gasteiger partial charge in [0.2, 0.25) is 0 Å². The third-order valence-corrected chi connectivity index (χ3v) is 7.12. The molecule has 1 unspecified atom stereocenters. The maximum Gasteiger partial charge on any atom is 0.160 e. The highest BCUT2D eigenvalue weighted by Crippen LogP contribution is 2.32. The Hall–Kier alpha value is -3.50. The Labute approximate surface area is 244 Å². The van der Waals surface area contributed by atoms with Crippen LogP contribution in [0.1, 0.15) is 45.6 Å². The molecule has 1 aliphatic rings. The first-order valence-corrected chi connectivity index (χ1v) is 14.6. The van der Waals surface area contributed by atoms with Crippen molar-refractivity contribution in [1.29, 1.82) is 0 Å². The Bertz CT molecular complexity index is 1390. The molecule has 0 saturated carbocycles. The minimum Gasteiger partial charge on any atom is -0.457 e. The van der Waals surface area contributed by atoms with Crippen molar-refractivity contribution in [3.63, 3.8) is 0 Å². The van der Waals surface area contributed by atoms with Crippen LogP contribution in [-0.4, -0.2) is 57.5 Å². The van der Waals surface area contributed by atoms with E-state index in [1.54, 1.807) is 12.5 Å². The molecule has 4 rings (SSSR count). The largest absolute Gasteiger partial charge is 0.457 e. The second kappa shape index (κ2) is 14.2. The van der Waals surface area contributed by atoms with Crippen LogP contribution in [-0.2, 0) is 0 Å². The van der Waals surface area contributed by atoms with Gasteiger partial charge in [0.05, 0.1) is 16.5 Å². The number of allylic oxidation sites excluding steroid dienone is 1. The summed E-state index contributed by atoms with van der Waals surface area (Å²) in [7, 11) is 0. The third kappa shape index (κ3) is 7.57. The molecule has 40 heavy (non-hydrogen) atoms. The molecule has 0 aliphatic carbocycles. The van der Waals surface area contributed by atoms with Crippen molar-refractivity contribution in [1.82, 2.24) is 20.0 Å². The molecule has 9 nitrogen and oxygen atoms in total. The van der Waals surface area contributed by atoms with E-state index in [9.17, 15) is 5.11 Å². The predicted octanol–water partition coefficient (Wildman–Crippen LogP) is 6.56. The predicted molar refractivity (Wildman–Crippen MR) is 166 cm³/mol. The van der Waals surface area contributed by atoms with Gasteiger partial charge in [0, 0.05) is 37.8 Å². The van der Waals surface area contributed by atoms with Crippen LogP contribution in [0.4, 0.5) is 17.3 Å². The van der Waals surface area contributed by atoms with Crippen molar-refractivity contribution in [2.24, 2.45) is 11.0 Å². The molecule has 1 aromatic carbocycles. The zero-order valence-corrected chi connectivity index (χ0v) is 25.2. The average Bonchev–Trinajstić information content (AvgIpc) is 2.95. The molecular formula is C30H38BrN7O2. The van der Waals surface area contributed by atoms with Crippen LogP contribution < -0.4 is 15.0 Å². The lowest BCUT2D eigenvalue weighted by atomic mass is 10.1. The fourth-order valence-corrected chi connectivity index (χ4v) is 4.98. The van der Waals surface area contributed by atoms with E-state index >= 15 is 0 Å². The van der Waals surface area contributed by atoms with Gasteiger partial charge in [-0.3, -0.25) is 5.01 Å². The number of anilines is 3. The summed E-state index contributed by atoms with van der Waals surface area (Å²) >= 11 is 3.72. The van der Waals surface area contributed by atoms with Crippen LogP contribution in [0.25, 0.3) is 11.0 Å². The van der Waals surface area contributed by atoms with E-state index in [4.69, 9.17) is 9.72 Å². The third-order valence-electron chi connectivity index (χ3n) is 6.54. The average molecular weight is 609 g/mol. The van der Waals surface area contributed by atoms with E-state index < -0.39 is 0 Å². The van der Waals surface area contributed by atoms with E-state index in [1.807, 2.05) is 68.4 Å². The lowest BCUT2D eigenvalue weighted by Gasteiger charge is -2.27. The molecule has 3 heterocycles. The molecule has 2 N–H and O–H groups in total. The molecule has 2 aromatic heterocycles. The monoisotopic (exact) mass is 607 g/mol.